The van der Waals surface area contributed by atoms with Crippen LogP contribution in [0.5, 0.6) is 0 Å². The van der Waals surface area contributed by atoms with Gasteiger partial charge in [-0.25, -0.2) is 0 Å². The summed E-state index contributed by atoms with van der Waals surface area (Å²) < 4.78 is 4.94. The molecule has 1 atom stereocenters. The van der Waals surface area contributed by atoms with E-state index in [9.17, 15) is 14.4 Å². The van der Waals surface area contributed by atoms with Gasteiger partial charge in [0.05, 0.1) is 13.0 Å². The van der Waals surface area contributed by atoms with Gasteiger partial charge in [-0.2, -0.15) is 0 Å². The molecule has 0 bridgehead atoms. The second-order valence-electron chi connectivity index (χ2n) is 8.29. The summed E-state index contributed by atoms with van der Waals surface area (Å²) in [5.41, 5.74) is 1.02. The third-order valence-corrected chi connectivity index (χ3v) is 6.00. The van der Waals surface area contributed by atoms with Gasteiger partial charge in [-0.15, -0.1) is 0 Å². The first kappa shape index (κ1) is 22.8. The third-order valence-electron chi connectivity index (χ3n) is 6.00. The maximum absolute atomic E-state index is 12.2. The lowest BCUT2D eigenvalue weighted by Gasteiger charge is -2.20. The predicted octanol–water partition coefficient (Wildman–Crippen LogP) is 3.37. The first-order valence-electron chi connectivity index (χ1n) is 11.2. The maximum atomic E-state index is 12.2. The van der Waals surface area contributed by atoms with Crippen LogP contribution in [0.3, 0.4) is 0 Å². The van der Waals surface area contributed by atoms with Crippen molar-refractivity contribution in [3.8, 4) is 0 Å². The number of hydrogen-bond donors (Lipinski definition) is 2. The highest BCUT2D eigenvalue weighted by Gasteiger charge is 2.22. The predicted molar refractivity (Wildman–Crippen MR) is 120 cm³/mol. The van der Waals surface area contributed by atoms with Crippen molar-refractivity contribution in [3.63, 3.8) is 0 Å². The molecular formula is C25H32N2O4. The van der Waals surface area contributed by atoms with Crippen molar-refractivity contribution in [2.24, 2.45) is 11.8 Å². The Balaban J connectivity index is 1.47. The van der Waals surface area contributed by atoms with Crippen LogP contribution < -0.4 is 10.6 Å². The summed E-state index contributed by atoms with van der Waals surface area (Å²) in [5.74, 6) is -0.860. The van der Waals surface area contributed by atoms with Crippen molar-refractivity contribution in [3.05, 3.63) is 48.0 Å². The van der Waals surface area contributed by atoms with Crippen LogP contribution in [0, 0.1) is 11.8 Å². The molecule has 0 saturated heterocycles. The molecule has 31 heavy (non-hydrogen) atoms. The molecule has 6 heteroatoms. The van der Waals surface area contributed by atoms with Gasteiger partial charge in [0.1, 0.15) is 0 Å². The molecule has 166 valence electrons. The number of carbonyl (C=O) groups is 3. The van der Waals surface area contributed by atoms with Crippen LogP contribution >= 0.6 is 0 Å². The zero-order valence-electron chi connectivity index (χ0n) is 18.2. The van der Waals surface area contributed by atoms with Crippen molar-refractivity contribution in [1.29, 1.82) is 0 Å². The Morgan fingerprint density at radius 1 is 1.00 bits per heavy atom. The number of rotatable bonds is 9. The molecule has 1 fully saturated rings. The van der Waals surface area contributed by atoms with E-state index in [1.54, 1.807) is 0 Å². The molecule has 0 spiro atoms. The van der Waals surface area contributed by atoms with E-state index in [1.807, 2.05) is 36.4 Å². The number of ether oxygens (including phenoxy) is 1. The Hall–Kier alpha value is -2.89. The molecule has 1 aliphatic rings. The molecule has 3 rings (SSSR count). The monoisotopic (exact) mass is 424 g/mol. The Labute approximate surface area is 183 Å². The van der Waals surface area contributed by atoms with Gasteiger partial charge in [0, 0.05) is 25.4 Å². The highest BCUT2D eigenvalue weighted by molar-refractivity contribution is 5.83. The molecule has 2 amide bonds. The minimum atomic E-state index is -0.466. The van der Waals surface area contributed by atoms with Crippen LogP contribution in [-0.4, -0.2) is 38.0 Å². The molecule has 1 aliphatic carbocycles. The number of methoxy groups -OCH3 is 1. The van der Waals surface area contributed by atoms with Crippen LogP contribution in [-0.2, 0) is 25.5 Å². The summed E-state index contributed by atoms with van der Waals surface area (Å²) in [5, 5.41) is 7.94. The number of esters is 1. The molecule has 0 heterocycles. The SMILES string of the molecule is COC(=O)C(CNC(=O)CCNC(=O)C1CCCCC1)Cc1ccc2ccccc2c1. The van der Waals surface area contributed by atoms with Crippen molar-refractivity contribution in [2.45, 2.75) is 44.9 Å². The quantitative estimate of drug-likeness (QED) is 0.605. The molecular weight excluding hydrogens is 392 g/mol. The van der Waals surface area contributed by atoms with Crippen LogP contribution in [0.2, 0.25) is 0 Å². The lowest BCUT2D eigenvalue weighted by Crippen LogP contribution is -2.38. The molecule has 6 nitrogen and oxygen atoms in total. The molecule has 2 aromatic carbocycles. The lowest BCUT2D eigenvalue weighted by atomic mass is 9.89. The Morgan fingerprint density at radius 3 is 2.48 bits per heavy atom. The summed E-state index contributed by atoms with van der Waals surface area (Å²) in [4.78, 5) is 36.6. The molecule has 1 unspecified atom stereocenters. The van der Waals surface area contributed by atoms with Crippen molar-refractivity contribution in [2.75, 3.05) is 20.2 Å². The normalized spacial score (nSPS) is 15.3. The second-order valence-corrected chi connectivity index (χ2v) is 8.29. The van der Waals surface area contributed by atoms with Gasteiger partial charge in [0.2, 0.25) is 11.8 Å². The fraction of sp³-hybridized carbons (Fsp3) is 0.480. The van der Waals surface area contributed by atoms with Crippen molar-refractivity contribution in [1.82, 2.24) is 10.6 Å². The topological polar surface area (TPSA) is 84.5 Å². The standard InChI is InChI=1S/C25H32N2O4/c1-31-25(30)22(16-18-11-12-19-7-5-6-10-21(19)15-18)17-27-23(28)13-14-26-24(29)20-8-3-2-4-9-20/h5-7,10-12,15,20,22H,2-4,8-9,13-14,16-17H2,1H3,(H,26,29)(H,27,28). The molecule has 2 N–H and O–H groups in total. The van der Waals surface area contributed by atoms with E-state index in [0.717, 1.165) is 42.0 Å². The smallest absolute Gasteiger partial charge is 0.310 e. The zero-order chi connectivity index (χ0) is 22.1. The second kappa shape index (κ2) is 11.5. The number of nitrogens with one attached hydrogen (secondary N) is 2. The summed E-state index contributed by atoms with van der Waals surface area (Å²) in [6.07, 6.45) is 5.96. The maximum Gasteiger partial charge on any atom is 0.310 e. The average molecular weight is 425 g/mol. The fourth-order valence-electron chi connectivity index (χ4n) is 4.19. The van der Waals surface area contributed by atoms with E-state index >= 15 is 0 Å². The Morgan fingerprint density at radius 2 is 1.74 bits per heavy atom. The van der Waals surface area contributed by atoms with E-state index in [1.165, 1.54) is 13.5 Å². The van der Waals surface area contributed by atoms with E-state index in [2.05, 4.69) is 16.7 Å². The number of fused-ring (bicyclic) bond motifs is 1. The van der Waals surface area contributed by atoms with Gasteiger partial charge in [-0.05, 0) is 35.6 Å². The number of amides is 2. The molecule has 2 aromatic rings. The van der Waals surface area contributed by atoms with Crippen molar-refractivity contribution < 1.29 is 19.1 Å². The van der Waals surface area contributed by atoms with Gasteiger partial charge in [-0.1, -0.05) is 61.7 Å². The Kier molecular flexibility index (Phi) is 8.44. The molecule has 0 radical (unpaired) electrons. The summed E-state index contributed by atoms with van der Waals surface area (Å²) in [6.45, 7) is 0.517. The molecule has 0 aromatic heterocycles. The largest absolute Gasteiger partial charge is 0.469 e. The van der Waals surface area contributed by atoms with E-state index in [4.69, 9.17) is 4.74 Å². The van der Waals surface area contributed by atoms with E-state index < -0.39 is 5.92 Å². The summed E-state index contributed by atoms with van der Waals surface area (Å²) in [7, 11) is 1.36. The van der Waals surface area contributed by atoms with Crippen LogP contribution in [0.15, 0.2) is 42.5 Å². The number of benzene rings is 2. The van der Waals surface area contributed by atoms with Crippen LogP contribution in [0.25, 0.3) is 10.8 Å². The lowest BCUT2D eigenvalue weighted by molar-refractivity contribution is -0.145. The highest BCUT2D eigenvalue weighted by Crippen LogP contribution is 2.23. The number of hydrogen-bond acceptors (Lipinski definition) is 4. The summed E-state index contributed by atoms with van der Waals surface area (Å²) in [6, 6.07) is 14.2. The van der Waals surface area contributed by atoms with Gasteiger partial charge in [0.15, 0.2) is 0 Å². The molecule has 1 saturated carbocycles. The van der Waals surface area contributed by atoms with Crippen molar-refractivity contribution >= 4 is 28.6 Å². The van der Waals surface area contributed by atoms with Gasteiger partial charge in [0.25, 0.3) is 0 Å². The minimum Gasteiger partial charge on any atom is -0.469 e. The molecule has 0 aliphatic heterocycles. The van der Waals surface area contributed by atoms with E-state index in [-0.39, 0.29) is 36.7 Å². The third kappa shape index (κ3) is 6.81. The average Bonchev–Trinajstić information content (AvgIpc) is 2.81. The highest BCUT2D eigenvalue weighted by atomic mass is 16.5. The first-order valence-corrected chi connectivity index (χ1v) is 11.2. The van der Waals surface area contributed by atoms with Gasteiger partial charge >= 0.3 is 5.97 Å². The van der Waals surface area contributed by atoms with Crippen LogP contribution in [0.4, 0.5) is 0 Å². The number of carbonyl (C=O) groups excluding carboxylic acids is 3. The fourth-order valence-corrected chi connectivity index (χ4v) is 4.19. The van der Waals surface area contributed by atoms with E-state index in [0.29, 0.717) is 13.0 Å². The first-order chi connectivity index (χ1) is 15.1. The zero-order valence-corrected chi connectivity index (χ0v) is 18.2. The van der Waals surface area contributed by atoms with Crippen LogP contribution in [0.1, 0.15) is 44.1 Å². The minimum absolute atomic E-state index is 0.0521. The van der Waals surface area contributed by atoms with Gasteiger partial charge in [-0.3, -0.25) is 14.4 Å². The summed E-state index contributed by atoms with van der Waals surface area (Å²) >= 11 is 0. The van der Waals surface area contributed by atoms with Gasteiger partial charge < -0.3 is 15.4 Å². The Bertz CT molecular complexity index is 905.